The highest BCUT2D eigenvalue weighted by atomic mass is 79.9. The molecule has 0 bridgehead atoms. The number of fused-ring (bicyclic) bond motifs is 1. The molecule has 3 rings (SSSR count). The molecule has 1 N–H and O–H groups in total. The molecule has 0 saturated heterocycles. The van der Waals surface area contributed by atoms with E-state index in [1.54, 1.807) is 11.3 Å². The molecule has 2 aromatic rings. The molecule has 5 heteroatoms. The molecule has 1 aliphatic heterocycles. The fourth-order valence-electron chi connectivity index (χ4n) is 2.23. The molecule has 0 spiro atoms. The van der Waals surface area contributed by atoms with Gasteiger partial charge in [0.1, 0.15) is 24.5 Å². The number of anilines is 1. The van der Waals surface area contributed by atoms with Crippen molar-refractivity contribution in [2.75, 3.05) is 18.5 Å². The second-order valence-electron chi connectivity index (χ2n) is 4.49. The van der Waals surface area contributed by atoms with Crippen molar-refractivity contribution in [1.82, 2.24) is 0 Å². The third kappa shape index (κ3) is 2.49. The van der Waals surface area contributed by atoms with Crippen molar-refractivity contribution in [3.63, 3.8) is 0 Å². The molecule has 0 amide bonds. The van der Waals surface area contributed by atoms with E-state index < -0.39 is 0 Å². The number of ether oxygens (including phenoxy) is 1. The van der Waals surface area contributed by atoms with Crippen LogP contribution < -0.4 is 14.6 Å². The monoisotopic (exact) mass is 339 g/mol. The Labute approximate surface area is 125 Å². The highest BCUT2D eigenvalue weighted by molar-refractivity contribution is 9.10. The minimum absolute atomic E-state index is 0.754. The van der Waals surface area contributed by atoms with Gasteiger partial charge in [-0.3, -0.25) is 5.32 Å². The summed E-state index contributed by atoms with van der Waals surface area (Å²) < 4.78 is 9.28. The van der Waals surface area contributed by atoms with Gasteiger partial charge in [0.05, 0.1) is 12.2 Å². The predicted molar refractivity (Wildman–Crippen MR) is 81.9 cm³/mol. The first-order chi connectivity index (χ1) is 9.29. The lowest BCUT2D eigenvalue weighted by atomic mass is 10.1. The van der Waals surface area contributed by atoms with Crippen LogP contribution in [0.4, 0.5) is 5.13 Å². The van der Waals surface area contributed by atoms with Gasteiger partial charge in [0.15, 0.2) is 0 Å². The largest absolute Gasteiger partial charge is 0.493 e. The van der Waals surface area contributed by atoms with Crippen molar-refractivity contribution < 1.29 is 9.30 Å². The SMILES string of the molecule is CCCOc1ccc(Br)cc1-c1csc2[n+]1CCN2. The molecule has 0 atom stereocenters. The summed E-state index contributed by atoms with van der Waals surface area (Å²) in [5.41, 5.74) is 2.39. The Morgan fingerprint density at radius 2 is 2.37 bits per heavy atom. The van der Waals surface area contributed by atoms with Crippen LogP contribution in [-0.4, -0.2) is 13.2 Å². The maximum atomic E-state index is 5.87. The number of nitrogens with zero attached hydrogens (tertiary/aromatic N) is 1. The molecular weight excluding hydrogens is 324 g/mol. The fourth-order valence-corrected chi connectivity index (χ4v) is 3.57. The molecule has 0 unspecified atom stereocenters. The van der Waals surface area contributed by atoms with E-state index in [-0.39, 0.29) is 0 Å². The van der Waals surface area contributed by atoms with Crippen LogP contribution in [0.1, 0.15) is 13.3 Å². The van der Waals surface area contributed by atoms with Crippen LogP contribution in [0.5, 0.6) is 5.75 Å². The number of aromatic nitrogens is 1. The van der Waals surface area contributed by atoms with Gasteiger partial charge in [0, 0.05) is 9.85 Å². The van der Waals surface area contributed by atoms with Crippen molar-refractivity contribution >= 4 is 32.4 Å². The van der Waals surface area contributed by atoms with Gasteiger partial charge in [-0.25, -0.2) is 4.57 Å². The topological polar surface area (TPSA) is 25.1 Å². The van der Waals surface area contributed by atoms with E-state index in [4.69, 9.17) is 4.74 Å². The van der Waals surface area contributed by atoms with Gasteiger partial charge in [-0.2, -0.15) is 0 Å². The van der Waals surface area contributed by atoms with Crippen LogP contribution in [0.2, 0.25) is 0 Å². The fraction of sp³-hybridized carbons (Fsp3) is 0.357. The number of hydrogen-bond acceptors (Lipinski definition) is 3. The first-order valence-corrected chi connectivity index (χ1v) is 8.15. The minimum atomic E-state index is 0.754. The van der Waals surface area contributed by atoms with Crippen molar-refractivity contribution in [1.29, 1.82) is 0 Å². The van der Waals surface area contributed by atoms with Crippen molar-refractivity contribution in [3.05, 3.63) is 28.1 Å². The number of rotatable bonds is 4. The van der Waals surface area contributed by atoms with E-state index in [0.717, 1.165) is 41.9 Å². The van der Waals surface area contributed by atoms with Gasteiger partial charge < -0.3 is 4.74 Å². The lowest BCUT2D eigenvalue weighted by Gasteiger charge is -2.10. The lowest BCUT2D eigenvalue weighted by molar-refractivity contribution is -0.655. The Kier molecular flexibility index (Phi) is 3.75. The van der Waals surface area contributed by atoms with E-state index in [1.807, 2.05) is 12.1 Å². The van der Waals surface area contributed by atoms with Crippen LogP contribution in [-0.2, 0) is 6.54 Å². The molecule has 100 valence electrons. The Morgan fingerprint density at radius 3 is 3.21 bits per heavy atom. The Bertz CT molecular complexity index is 597. The zero-order valence-electron chi connectivity index (χ0n) is 10.8. The van der Waals surface area contributed by atoms with Crippen LogP contribution in [0.3, 0.4) is 0 Å². The molecular formula is C14H16BrN2OS+. The standard InChI is InChI=1S/C14H15BrN2OS/c1-2-7-18-13-4-3-10(15)8-11(13)12-9-19-14-16-5-6-17(12)14/h3-4,8-9H,2,5-7H2,1H3/p+1. The van der Waals surface area contributed by atoms with E-state index >= 15 is 0 Å². The molecule has 0 saturated carbocycles. The normalized spacial score (nSPS) is 13.2. The maximum absolute atomic E-state index is 5.87. The van der Waals surface area contributed by atoms with Gasteiger partial charge >= 0.3 is 5.13 Å². The number of hydrogen-bond donors (Lipinski definition) is 1. The molecule has 0 radical (unpaired) electrons. The van der Waals surface area contributed by atoms with Crippen molar-refractivity contribution in [3.8, 4) is 17.0 Å². The summed E-state index contributed by atoms with van der Waals surface area (Å²) in [6, 6.07) is 6.21. The Morgan fingerprint density at radius 1 is 1.47 bits per heavy atom. The first-order valence-electron chi connectivity index (χ1n) is 6.47. The molecule has 19 heavy (non-hydrogen) atoms. The van der Waals surface area contributed by atoms with Crippen LogP contribution >= 0.6 is 27.3 Å². The summed E-state index contributed by atoms with van der Waals surface area (Å²) in [7, 11) is 0. The lowest BCUT2D eigenvalue weighted by Crippen LogP contribution is -2.31. The minimum Gasteiger partial charge on any atom is -0.493 e. The zero-order chi connectivity index (χ0) is 13.2. The highest BCUT2D eigenvalue weighted by Gasteiger charge is 2.26. The third-order valence-corrected chi connectivity index (χ3v) is 4.53. The van der Waals surface area contributed by atoms with E-state index in [2.05, 4.69) is 44.2 Å². The first kappa shape index (κ1) is 12.9. The van der Waals surface area contributed by atoms with Crippen LogP contribution in [0.25, 0.3) is 11.3 Å². The number of nitrogens with one attached hydrogen (secondary N) is 1. The smallest absolute Gasteiger partial charge is 0.334 e. The van der Waals surface area contributed by atoms with E-state index in [0.29, 0.717) is 0 Å². The number of benzene rings is 1. The number of thiazole rings is 1. The summed E-state index contributed by atoms with van der Waals surface area (Å²) in [6.07, 6.45) is 1.02. The summed E-state index contributed by atoms with van der Waals surface area (Å²) in [5, 5.41) is 6.83. The second kappa shape index (κ2) is 5.51. The molecule has 3 nitrogen and oxygen atoms in total. The Balaban J connectivity index is 2.04. The zero-order valence-corrected chi connectivity index (χ0v) is 13.2. The number of halogens is 1. The van der Waals surface area contributed by atoms with Crippen molar-refractivity contribution in [2.24, 2.45) is 0 Å². The Hall–Kier alpha value is -1.07. The third-order valence-electron chi connectivity index (χ3n) is 3.11. The van der Waals surface area contributed by atoms with E-state index in [9.17, 15) is 0 Å². The van der Waals surface area contributed by atoms with E-state index in [1.165, 1.54) is 10.8 Å². The summed E-state index contributed by atoms with van der Waals surface area (Å²) in [4.78, 5) is 0. The molecule has 1 aromatic carbocycles. The van der Waals surface area contributed by atoms with Gasteiger partial charge in [0.2, 0.25) is 0 Å². The average molecular weight is 340 g/mol. The van der Waals surface area contributed by atoms with Crippen LogP contribution in [0, 0.1) is 0 Å². The summed E-state index contributed by atoms with van der Waals surface area (Å²) >= 11 is 5.31. The van der Waals surface area contributed by atoms with Gasteiger partial charge in [-0.1, -0.05) is 34.2 Å². The average Bonchev–Trinajstić information content (AvgIpc) is 2.99. The van der Waals surface area contributed by atoms with Crippen LogP contribution in [0.15, 0.2) is 28.1 Å². The second-order valence-corrected chi connectivity index (χ2v) is 6.27. The molecule has 1 aliphatic rings. The van der Waals surface area contributed by atoms with Gasteiger partial charge in [-0.15, -0.1) is 0 Å². The summed E-state index contributed by atoms with van der Waals surface area (Å²) in [5.74, 6) is 0.963. The molecule has 2 heterocycles. The molecule has 0 aliphatic carbocycles. The quantitative estimate of drug-likeness (QED) is 0.859. The predicted octanol–water partition coefficient (Wildman–Crippen LogP) is 3.68. The van der Waals surface area contributed by atoms with Gasteiger partial charge in [-0.05, 0) is 24.6 Å². The van der Waals surface area contributed by atoms with Crippen molar-refractivity contribution in [2.45, 2.75) is 19.9 Å². The highest BCUT2D eigenvalue weighted by Crippen LogP contribution is 2.34. The summed E-state index contributed by atoms with van der Waals surface area (Å²) in [6.45, 7) is 4.91. The molecule has 1 aromatic heterocycles. The molecule has 0 fully saturated rings. The maximum Gasteiger partial charge on any atom is 0.334 e. The van der Waals surface area contributed by atoms with Gasteiger partial charge in [0.25, 0.3) is 0 Å².